The molecule has 1 atom stereocenters. The molecule has 10 heteroatoms. The number of piperidine rings is 2. The lowest BCUT2D eigenvalue weighted by molar-refractivity contribution is -0.146. The molecule has 2 aromatic carbocycles. The van der Waals surface area contributed by atoms with Crippen LogP contribution in [0.5, 0.6) is 0 Å². The number of hydrogen-bond acceptors (Lipinski definition) is 4. The number of rotatable bonds is 5. The summed E-state index contributed by atoms with van der Waals surface area (Å²) in [7, 11) is 0. The van der Waals surface area contributed by atoms with E-state index in [0.717, 1.165) is 30.5 Å². The van der Waals surface area contributed by atoms with Gasteiger partial charge in [0.2, 0.25) is 0 Å². The van der Waals surface area contributed by atoms with Crippen LogP contribution in [-0.4, -0.2) is 69.9 Å². The molecule has 38 heavy (non-hydrogen) atoms. The number of para-hydroxylation sites is 1. The normalized spacial score (nSPS) is 18.4. The Labute approximate surface area is 219 Å². The van der Waals surface area contributed by atoms with Crippen LogP contribution < -0.4 is 5.32 Å². The number of likely N-dealkylation sites (tertiary alicyclic amines) is 2. The van der Waals surface area contributed by atoms with Crippen LogP contribution >= 0.6 is 0 Å². The van der Waals surface area contributed by atoms with Gasteiger partial charge < -0.3 is 15.0 Å². The molecule has 200 valence electrons. The first kappa shape index (κ1) is 25.8. The lowest BCUT2D eigenvalue weighted by atomic mass is 9.84. The Morgan fingerprint density at radius 1 is 1.00 bits per heavy atom. The third kappa shape index (κ3) is 5.40. The van der Waals surface area contributed by atoms with Crippen LogP contribution in [0.15, 0.2) is 48.7 Å². The fraction of sp³-hybridized carbons (Fsp3) is 0.393. The van der Waals surface area contributed by atoms with Crippen molar-refractivity contribution >= 4 is 28.7 Å². The summed E-state index contributed by atoms with van der Waals surface area (Å²) in [6, 6.07) is 10.1. The van der Waals surface area contributed by atoms with Crippen molar-refractivity contribution in [2.45, 2.75) is 37.6 Å². The molecule has 1 aromatic heterocycles. The van der Waals surface area contributed by atoms with Gasteiger partial charge in [-0.1, -0.05) is 18.2 Å². The average molecular weight is 524 g/mol. The molecule has 1 amide bonds. The quantitative estimate of drug-likeness (QED) is 0.297. The molecule has 3 aromatic rings. The van der Waals surface area contributed by atoms with Gasteiger partial charge in [0.05, 0.1) is 0 Å². The van der Waals surface area contributed by atoms with E-state index in [1.165, 1.54) is 10.9 Å². The van der Waals surface area contributed by atoms with Gasteiger partial charge in [-0.05, 0) is 74.4 Å². The number of carboxylic acid groups (broad SMARTS) is 1. The molecule has 0 aliphatic carbocycles. The Bertz CT molecular complexity index is 1320. The minimum Gasteiger partial charge on any atom is -0.480 e. The number of guanidine groups is 1. The van der Waals surface area contributed by atoms with Gasteiger partial charge in [0.15, 0.2) is 5.96 Å². The van der Waals surface area contributed by atoms with Crippen molar-refractivity contribution in [3.8, 4) is 0 Å². The Hall–Kier alpha value is -3.79. The fourth-order valence-electron chi connectivity index (χ4n) is 5.96. The maximum atomic E-state index is 13.4. The second kappa shape index (κ2) is 10.9. The highest BCUT2D eigenvalue weighted by Crippen LogP contribution is 2.35. The number of halogens is 2. The predicted molar refractivity (Wildman–Crippen MR) is 139 cm³/mol. The number of amides is 1. The minimum atomic E-state index is -0.868. The minimum absolute atomic E-state index is 0.0748. The first-order valence-corrected chi connectivity index (χ1v) is 12.9. The zero-order valence-electron chi connectivity index (χ0n) is 20.9. The SMILES string of the molecule is N=C(NC(=O)c1cc(F)cc(F)c1)N1CCC(C(C(=O)O)N2CCC(c3c[nH]c4ccccc34)CC2)CC1. The van der Waals surface area contributed by atoms with Gasteiger partial charge in [0, 0.05) is 41.8 Å². The number of aromatic nitrogens is 1. The second-order valence-electron chi connectivity index (χ2n) is 10.2. The highest BCUT2D eigenvalue weighted by atomic mass is 19.1. The van der Waals surface area contributed by atoms with E-state index in [0.29, 0.717) is 51.0 Å². The van der Waals surface area contributed by atoms with E-state index >= 15 is 0 Å². The first-order chi connectivity index (χ1) is 18.3. The molecular formula is C28H31F2N5O3. The van der Waals surface area contributed by atoms with E-state index in [-0.39, 0.29) is 17.4 Å². The van der Waals surface area contributed by atoms with Crippen molar-refractivity contribution in [1.29, 1.82) is 5.41 Å². The maximum Gasteiger partial charge on any atom is 0.321 e. The van der Waals surface area contributed by atoms with Gasteiger partial charge in [0.1, 0.15) is 17.7 Å². The summed E-state index contributed by atoms with van der Waals surface area (Å²) in [5, 5.41) is 22.0. The van der Waals surface area contributed by atoms with Crippen LogP contribution in [-0.2, 0) is 4.79 Å². The summed E-state index contributed by atoms with van der Waals surface area (Å²) in [6.45, 7) is 2.24. The van der Waals surface area contributed by atoms with Gasteiger partial charge >= 0.3 is 5.97 Å². The first-order valence-electron chi connectivity index (χ1n) is 12.9. The second-order valence-corrected chi connectivity index (χ2v) is 10.2. The topological polar surface area (TPSA) is 113 Å². The number of fused-ring (bicyclic) bond motifs is 1. The number of carboxylic acids is 1. The van der Waals surface area contributed by atoms with E-state index in [9.17, 15) is 23.5 Å². The molecule has 0 radical (unpaired) electrons. The maximum absolute atomic E-state index is 13.4. The molecule has 4 N–H and O–H groups in total. The summed E-state index contributed by atoms with van der Waals surface area (Å²) < 4.78 is 26.9. The van der Waals surface area contributed by atoms with Crippen LogP contribution in [0, 0.1) is 23.0 Å². The third-order valence-corrected chi connectivity index (χ3v) is 7.90. The van der Waals surface area contributed by atoms with Crippen LogP contribution in [0.4, 0.5) is 8.78 Å². The number of benzene rings is 2. The third-order valence-electron chi connectivity index (χ3n) is 7.90. The average Bonchev–Trinajstić information content (AvgIpc) is 3.33. The van der Waals surface area contributed by atoms with Crippen LogP contribution in [0.1, 0.15) is 47.5 Å². The predicted octanol–water partition coefficient (Wildman–Crippen LogP) is 4.16. The highest BCUT2D eigenvalue weighted by Gasteiger charge is 2.38. The smallest absolute Gasteiger partial charge is 0.321 e. The van der Waals surface area contributed by atoms with Gasteiger partial charge in [0.25, 0.3) is 5.91 Å². The lowest BCUT2D eigenvalue weighted by Crippen LogP contribution is -2.53. The molecule has 2 fully saturated rings. The van der Waals surface area contributed by atoms with Crippen molar-refractivity contribution in [3.05, 3.63) is 71.4 Å². The van der Waals surface area contributed by atoms with Crippen molar-refractivity contribution in [2.24, 2.45) is 5.92 Å². The monoisotopic (exact) mass is 523 g/mol. The standard InChI is InChI=1S/C28H31F2N5O3/c29-20-13-19(14-21(30)15-20)26(36)33-28(31)35-11-7-18(8-12-35)25(27(37)38)34-9-5-17(6-10-34)23-16-32-24-4-2-1-3-22(23)24/h1-4,13-18,25,32H,5-12H2,(H,37,38)(H2,31,33,36). The summed E-state index contributed by atoms with van der Waals surface area (Å²) in [5.41, 5.74) is 2.20. The van der Waals surface area contributed by atoms with E-state index < -0.39 is 29.6 Å². The Morgan fingerprint density at radius 2 is 1.66 bits per heavy atom. The number of carbonyl (C=O) groups excluding carboxylic acids is 1. The van der Waals surface area contributed by atoms with Gasteiger partial charge in [-0.3, -0.25) is 25.2 Å². The van der Waals surface area contributed by atoms with Gasteiger partial charge in [-0.2, -0.15) is 0 Å². The summed E-state index contributed by atoms with van der Waals surface area (Å²) in [4.78, 5) is 31.8. The molecule has 2 saturated heterocycles. The van der Waals surface area contributed by atoms with Gasteiger partial charge in [-0.15, -0.1) is 0 Å². The Kier molecular flexibility index (Phi) is 7.42. The van der Waals surface area contributed by atoms with Crippen LogP contribution in [0.25, 0.3) is 10.9 Å². The molecule has 0 bridgehead atoms. The van der Waals surface area contributed by atoms with Crippen molar-refractivity contribution in [2.75, 3.05) is 26.2 Å². The highest BCUT2D eigenvalue weighted by molar-refractivity contribution is 6.04. The Morgan fingerprint density at radius 3 is 2.32 bits per heavy atom. The summed E-state index contributed by atoms with van der Waals surface area (Å²) in [6.07, 6.45) is 4.98. The number of aromatic amines is 1. The Balaban J connectivity index is 1.16. The zero-order valence-corrected chi connectivity index (χ0v) is 20.9. The van der Waals surface area contributed by atoms with Crippen molar-refractivity contribution in [3.63, 3.8) is 0 Å². The van der Waals surface area contributed by atoms with Crippen molar-refractivity contribution in [1.82, 2.24) is 20.1 Å². The number of aliphatic carboxylic acids is 1. The van der Waals surface area contributed by atoms with E-state index in [2.05, 4.69) is 33.5 Å². The number of carbonyl (C=O) groups is 2. The van der Waals surface area contributed by atoms with Crippen LogP contribution in [0.2, 0.25) is 0 Å². The van der Waals surface area contributed by atoms with Crippen LogP contribution in [0.3, 0.4) is 0 Å². The van der Waals surface area contributed by atoms with E-state index in [4.69, 9.17) is 5.41 Å². The molecule has 8 nitrogen and oxygen atoms in total. The van der Waals surface area contributed by atoms with E-state index in [1.54, 1.807) is 4.90 Å². The van der Waals surface area contributed by atoms with E-state index in [1.807, 2.05) is 12.1 Å². The largest absolute Gasteiger partial charge is 0.480 e. The van der Waals surface area contributed by atoms with Crippen molar-refractivity contribution < 1.29 is 23.5 Å². The molecule has 5 rings (SSSR count). The fourth-order valence-corrected chi connectivity index (χ4v) is 5.96. The molecule has 1 unspecified atom stereocenters. The number of hydrogen-bond donors (Lipinski definition) is 4. The summed E-state index contributed by atoms with van der Waals surface area (Å²) >= 11 is 0. The summed E-state index contributed by atoms with van der Waals surface area (Å²) in [5.74, 6) is -3.18. The number of nitrogens with zero attached hydrogens (tertiary/aromatic N) is 2. The molecular weight excluding hydrogens is 492 g/mol. The molecule has 2 aliphatic rings. The number of H-pyrrole nitrogens is 1. The number of nitrogens with one attached hydrogen (secondary N) is 3. The van der Waals surface area contributed by atoms with Gasteiger partial charge in [-0.25, -0.2) is 8.78 Å². The lowest BCUT2D eigenvalue weighted by Gasteiger charge is -2.42. The molecule has 0 spiro atoms. The zero-order chi connectivity index (χ0) is 26.8. The molecule has 2 aliphatic heterocycles. The molecule has 0 saturated carbocycles. The molecule has 3 heterocycles.